The smallest absolute Gasteiger partial charge is 0.261 e. The molecule has 6 nitrogen and oxygen atoms in total. The van der Waals surface area contributed by atoms with Gasteiger partial charge in [0, 0.05) is 28.4 Å². The monoisotopic (exact) mass is 447 g/mol. The first-order valence-corrected chi connectivity index (χ1v) is 11.9. The van der Waals surface area contributed by atoms with Crippen LogP contribution in [0, 0.1) is 6.92 Å². The topological polar surface area (TPSA) is 80.5 Å². The number of nitrogens with zero attached hydrogens (tertiary/aromatic N) is 2. The van der Waals surface area contributed by atoms with E-state index in [9.17, 15) is 13.2 Å². The molecule has 0 spiro atoms. The quantitative estimate of drug-likeness (QED) is 0.434. The van der Waals surface area contributed by atoms with Crippen LogP contribution in [0.1, 0.15) is 5.69 Å². The normalized spacial score (nSPS) is 11.8. The van der Waals surface area contributed by atoms with Crippen molar-refractivity contribution in [2.75, 3.05) is 4.72 Å². The Hall–Kier alpha value is -3.49. The number of sulfonamides is 1. The summed E-state index contributed by atoms with van der Waals surface area (Å²) < 4.78 is 30.1. The van der Waals surface area contributed by atoms with Crippen LogP contribution < -0.4 is 10.3 Å². The standard InChI is InChI=1S/C23H17N3O3S2/c1-15-11-22(27)26-21(14-30-23(26)24-15)18-7-4-8-19(12-18)25-31(28,29)20-10-9-16-5-2-3-6-17(16)13-20/h2-14,25H,1H3. The Balaban J connectivity index is 1.53. The fourth-order valence-corrected chi connectivity index (χ4v) is 5.55. The molecule has 0 aliphatic heterocycles. The molecular formula is C23H17N3O3S2. The molecule has 0 fully saturated rings. The zero-order valence-electron chi connectivity index (χ0n) is 16.4. The van der Waals surface area contributed by atoms with E-state index in [2.05, 4.69) is 9.71 Å². The van der Waals surface area contributed by atoms with Crippen LogP contribution in [0.15, 0.2) is 87.9 Å². The summed E-state index contributed by atoms with van der Waals surface area (Å²) in [6.07, 6.45) is 0. The van der Waals surface area contributed by atoms with Crippen molar-refractivity contribution in [3.8, 4) is 11.3 Å². The van der Waals surface area contributed by atoms with E-state index in [0.717, 1.165) is 16.3 Å². The average molecular weight is 448 g/mol. The summed E-state index contributed by atoms with van der Waals surface area (Å²) in [5.74, 6) is 0. The van der Waals surface area contributed by atoms with Crippen LogP contribution in [0.5, 0.6) is 0 Å². The number of hydrogen-bond acceptors (Lipinski definition) is 5. The largest absolute Gasteiger partial charge is 0.280 e. The minimum atomic E-state index is -3.77. The summed E-state index contributed by atoms with van der Waals surface area (Å²) >= 11 is 1.37. The number of hydrogen-bond donors (Lipinski definition) is 1. The third-order valence-corrected chi connectivity index (χ3v) is 7.18. The first-order chi connectivity index (χ1) is 14.9. The molecule has 0 atom stereocenters. The van der Waals surface area contributed by atoms with Crippen molar-refractivity contribution in [3.63, 3.8) is 0 Å². The second kappa shape index (κ2) is 7.33. The van der Waals surface area contributed by atoms with Gasteiger partial charge in [-0.1, -0.05) is 42.5 Å². The molecular weight excluding hydrogens is 430 g/mol. The minimum absolute atomic E-state index is 0.166. The molecule has 2 aromatic heterocycles. The molecule has 31 heavy (non-hydrogen) atoms. The fourth-order valence-electron chi connectivity index (χ4n) is 3.52. The third-order valence-electron chi connectivity index (χ3n) is 4.97. The van der Waals surface area contributed by atoms with Crippen molar-refractivity contribution < 1.29 is 8.42 Å². The Labute approximate surface area is 182 Å². The molecule has 0 aliphatic rings. The summed E-state index contributed by atoms with van der Waals surface area (Å²) in [6, 6.07) is 21.1. The zero-order valence-corrected chi connectivity index (χ0v) is 18.1. The molecule has 2 heterocycles. The molecule has 5 rings (SSSR count). The molecule has 3 aromatic carbocycles. The molecule has 0 bridgehead atoms. The second-order valence-electron chi connectivity index (χ2n) is 7.17. The van der Waals surface area contributed by atoms with E-state index in [1.54, 1.807) is 43.3 Å². The summed E-state index contributed by atoms with van der Waals surface area (Å²) in [4.78, 5) is 17.7. The highest BCUT2D eigenvalue weighted by atomic mass is 32.2. The van der Waals surface area contributed by atoms with Gasteiger partial charge in [-0.25, -0.2) is 13.4 Å². The molecule has 0 saturated heterocycles. The summed E-state index contributed by atoms with van der Waals surface area (Å²) in [6.45, 7) is 1.78. The predicted octanol–water partition coefficient (Wildman–Crippen LogP) is 4.69. The van der Waals surface area contributed by atoms with E-state index in [0.29, 0.717) is 22.0 Å². The van der Waals surface area contributed by atoms with Gasteiger partial charge in [0.1, 0.15) is 0 Å². The van der Waals surface area contributed by atoms with Crippen molar-refractivity contribution in [1.82, 2.24) is 9.38 Å². The van der Waals surface area contributed by atoms with Gasteiger partial charge in [-0.05, 0) is 42.0 Å². The first-order valence-electron chi connectivity index (χ1n) is 9.51. The van der Waals surface area contributed by atoms with Crippen LogP contribution in [-0.4, -0.2) is 17.8 Å². The highest BCUT2D eigenvalue weighted by Crippen LogP contribution is 2.28. The Morgan fingerprint density at radius 2 is 1.74 bits per heavy atom. The molecule has 154 valence electrons. The lowest BCUT2D eigenvalue weighted by molar-refractivity contribution is 0.601. The van der Waals surface area contributed by atoms with Gasteiger partial charge in [-0.2, -0.15) is 0 Å². The summed E-state index contributed by atoms with van der Waals surface area (Å²) in [7, 11) is -3.77. The Kier molecular flexibility index (Phi) is 4.60. The Morgan fingerprint density at radius 3 is 2.58 bits per heavy atom. The molecule has 8 heteroatoms. The number of aromatic nitrogens is 2. The van der Waals surface area contributed by atoms with Crippen LogP contribution in [0.25, 0.3) is 27.0 Å². The molecule has 0 saturated carbocycles. The first kappa shape index (κ1) is 19.5. The van der Waals surface area contributed by atoms with Crippen LogP contribution >= 0.6 is 11.3 Å². The number of aryl methyl sites for hydroxylation is 1. The van der Waals surface area contributed by atoms with E-state index in [4.69, 9.17) is 0 Å². The van der Waals surface area contributed by atoms with Gasteiger partial charge >= 0.3 is 0 Å². The van der Waals surface area contributed by atoms with Crippen LogP contribution in [0.4, 0.5) is 5.69 Å². The third kappa shape index (κ3) is 3.60. The molecule has 0 amide bonds. The summed E-state index contributed by atoms with van der Waals surface area (Å²) in [5, 5.41) is 3.67. The number of benzene rings is 3. The Bertz CT molecular complexity index is 1620. The number of thiazole rings is 1. The van der Waals surface area contributed by atoms with Crippen molar-refractivity contribution in [1.29, 1.82) is 0 Å². The van der Waals surface area contributed by atoms with E-state index in [-0.39, 0.29) is 10.5 Å². The van der Waals surface area contributed by atoms with Gasteiger partial charge < -0.3 is 0 Å². The van der Waals surface area contributed by atoms with Crippen molar-refractivity contribution in [3.05, 3.63) is 94.2 Å². The minimum Gasteiger partial charge on any atom is -0.280 e. The molecule has 0 radical (unpaired) electrons. The van der Waals surface area contributed by atoms with Gasteiger partial charge in [-0.3, -0.25) is 13.9 Å². The van der Waals surface area contributed by atoms with Gasteiger partial charge in [0.2, 0.25) is 0 Å². The van der Waals surface area contributed by atoms with E-state index in [1.807, 2.05) is 35.7 Å². The van der Waals surface area contributed by atoms with Crippen LogP contribution in [0.2, 0.25) is 0 Å². The SMILES string of the molecule is Cc1cc(=O)n2c(-c3cccc(NS(=O)(=O)c4ccc5ccccc5c4)c3)csc2n1. The van der Waals surface area contributed by atoms with Crippen LogP contribution in [0.3, 0.4) is 0 Å². The second-order valence-corrected chi connectivity index (χ2v) is 9.69. The molecule has 5 aromatic rings. The van der Waals surface area contributed by atoms with Crippen molar-refractivity contribution in [2.24, 2.45) is 0 Å². The Morgan fingerprint density at radius 1 is 0.935 bits per heavy atom. The highest BCUT2D eigenvalue weighted by Gasteiger charge is 2.16. The van der Waals surface area contributed by atoms with Crippen molar-refractivity contribution >= 4 is 42.8 Å². The number of anilines is 1. The highest BCUT2D eigenvalue weighted by molar-refractivity contribution is 7.92. The lowest BCUT2D eigenvalue weighted by Crippen LogP contribution is -2.14. The number of rotatable bonds is 4. The molecule has 1 N–H and O–H groups in total. The van der Waals surface area contributed by atoms with Gasteiger partial charge in [-0.15, -0.1) is 11.3 Å². The maximum Gasteiger partial charge on any atom is 0.261 e. The fraction of sp³-hybridized carbons (Fsp3) is 0.0435. The van der Waals surface area contributed by atoms with Gasteiger partial charge in [0.15, 0.2) is 4.96 Å². The molecule has 0 aliphatic carbocycles. The van der Waals surface area contributed by atoms with E-state index < -0.39 is 10.0 Å². The maximum absolute atomic E-state index is 13.0. The predicted molar refractivity (Wildman–Crippen MR) is 124 cm³/mol. The zero-order chi connectivity index (χ0) is 21.6. The van der Waals surface area contributed by atoms with Crippen molar-refractivity contribution in [2.45, 2.75) is 11.8 Å². The lowest BCUT2D eigenvalue weighted by Gasteiger charge is -2.10. The van der Waals surface area contributed by atoms with Gasteiger partial charge in [0.25, 0.3) is 15.6 Å². The lowest BCUT2D eigenvalue weighted by atomic mass is 10.1. The van der Waals surface area contributed by atoms with Crippen LogP contribution in [-0.2, 0) is 10.0 Å². The van der Waals surface area contributed by atoms with E-state index >= 15 is 0 Å². The summed E-state index contributed by atoms with van der Waals surface area (Å²) in [5.41, 5.74) is 2.30. The van der Waals surface area contributed by atoms with E-state index in [1.165, 1.54) is 21.8 Å². The number of fused-ring (bicyclic) bond motifs is 2. The molecule has 0 unspecified atom stereocenters. The van der Waals surface area contributed by atoms with Gasteiger partial charge in [0.05, 0.1) is 10.6 Å². The number of nitrogens with one attached hydrogen (secondary N) is 1. The average Bonchev–Trinajstić information content (AvgIpc) is 3.17. The maximum atomic E-state index is 13.0.